The molecule has 0 aliphatic rings. The second-order valence-electron chi connectivity index (χ2n) is 4.08. The summed E-state index contributed by atoms with van der Waals surface area (Å²) in [5, 5.41) is 11.6. The van der Waals surface area contributed by atoms with E-state index in [2.05, 4.69) is 5.32 Å². The minimum absolute atomic E-state index is 0.0445. The van der Waals surface area contributed by atoms with Gasteiger partial charge in [0, 0.05) is 30.9 Å². The third kappa shape index (κ3) is 5.16. The van der Waals surface area contributed by atoms with Crippen LogP contribution >= 0.6 is 0 Å². The van der Waals surface area contributed by atoms with Gasteiger partial charge in [-0.25, -0.2) is 0 Å². The van der Waals surface area contributed by atoms with Crippen LogP contribution in [-0.4, -0.2) is 42.2 Å². The number of carbonyl (C=O) groups is 1. The van der Waals surface area contributed by atoms with Crippen LogP contribution in [0.2, 0.25) is 0 Å². The molecule has 100 valence electrons. The van der Waals surface area contributed by atoms with Crippen LogP contribution in [0.5, 0.6) is 0 Å². The van der Waals surface area contributed by atoms with E-state index in [0.717, 1.165) is 6.54 Å². The molecule has 0 spiro atoms. The lowest BCUT2D eigenvalue weighted by Gasteiger charge is -2.18. The zero-order chi connectivity index (χ0) is 13.4. The van der Waals surface area contributed by atoms with E-state index < -0.39 is 0 Å². The van der Waals surface area contributed by atoms with Crippen molar-refractivity contribution >= 4 is 17.3 Å². The van der Waals surface area contributed by atoms with Crippen molar-refractivity contribution in [2.24, 2.45) is 0 Å². The van der Waals surface area contributed by atoms with E-state index in [0.29, 0.717) is 30.9 Å². The summed E-state index contributed by atoms with van der Waals surface area (Å²) >= 11 is 0. The first kappa shape index (κ1) is 14.5. The number of amides is 1. The highest BCUT2D eigenvalue weighted by Gasteiger charge is 2.06. The average Bonchev–Trinajstić information content (AvgIpc) is 2.34. The number of nitrogen functional groups attached to an aromatic ring is 1. The molecule has 5 nitrogen and oxygen atoms in total. The largest absolute Gasteiger partial charge is 0.399 e. The molecule has 0 bridgehead atoms. The smallest absolute Gasteiger partial charge is 0.225 e. The fraction of sp³-hybridized carbons (Fsp3) is 0.462. The number of hydrogen-bond donors (Lipinski definition) is 3. The predicted molar refractivity (Wildman–Crippen MR) is 73.3 cm³/mol. The highest BCUT2D eigenvalue weighted by atomic mass is 16.3. The van der Waals surface area contributed by atoms with Crippen LogP contribution in [0.1, 0.15) is 13.3 Å². The maximum atomic E-state index is 11.7. The molecule has 0 saturated carbocycles. The minimum Gasteiger partial charge on any atom is -0.399 e. The number of aliphatic hydroxyl groups excluding tert-OH is 1. The van der Waals surface area contributed by atoms with Gasteiger partial charge in [-0.2, -0.15) is 0 Å². The predicted octanol–water partition coefficient (Wildman–Crippen LogP) is 0.912. The summed E-state index contributed by atoms with van der Waals surface area (Å²) in [5.74, 6) is -0.0445. The second kappa shape index (κ2) is 7.68. The molecule has 18 heavy (non-hydrogen) atoms. The summed E-state index contributed by atoms with van der Waals surface area (Å²) in [7, 11) is 0. The van der Waals surface area contributed by atoms with Gasteiger partial charge in [0.2, 0.25) is 5.91 Å². The van der Waals surface area contributed by atoms with Gasteiger partial charge >= 0.3 is 0 Å². The lowest BCUT2D eigenvalue weighted by molar-refractivity contribution is -0.116. The molecule has 0 saturated heterocycles. The Kier molecular flexibility index (Phi) is 6.18. The Morgan fingerprint density at radius 3 is 2.83 bits per heavy atom. The molecule has 5 heteroatoms. The Morgan fingerprint density at radius 1 is 1.44 bits per heavy atom. The Hall–Kier alpha value is -1.59. The van der Waals surface area contributed by atoms with Crippen LogP contribution < -0.4 is 11.1 Å². The maximum Gasteiger partial charge on any atom is 0.225 e. The lowest BCUT2D eigenvalue weighted by atomic mass is 10.2. The fourth-order valence-corrected chi connectivity index (χ4v) is 1.67. The summed E-state index contributed by atoms with van der Waals surface area (Å²) in [4.78, 5) is 13.7. The first-order valence-corrected chi connectivity index (χ1v) is 6.14. The lowest BCUT2D eigenvalue weighted by Crippen LogP contribution is -2.30. The van der Waals surface area contributed by atoms with Gasteiger partial charge in [0.1, 0.15) is 0 Å². The topological polar surface area (TPSA) is 78.6 Å². The molecule has 0 aromatic heterocycles. The molecule has 0 unspecified atom stereocenters. The summed E-state index contributed by atoms with van der Waals surface area (Å²) < 4.78 is 0. The van der Waals surface area contributed by atoms with Crippen LogP contribution in [0.4, 0.5) is 11.4 Å². The van der Waals surface area contributed by atoms with E-state index >= 15 is 0 Å². The number of benzene rings is 1. The maximum absolute atomic E-state index is 11.7. The van der Waals surface area contributed by atoms with Crippen molar-refractivity contribution in [2.75, 3.05) is 37.3 Å². The highest BCUT2D eigenvalue weighted by molar-refractivity contribution is 5.91. The van der Waals surface area contributed by atoms with Gasteiger partial charge in [0.05, 0.1) is 6.61 Å². The summed E-state index contributed by atoms with van der Waals surface area (Å²) in [6, 6.07) is 7.10. The standard InChI is InChI=1S/C13H21N3O2/c1-2-16(8-9-17)7-6-13(18)15-12-5-3-4-11(14)10-12/h3-5,10,17H,2,6-9,14H2,1H3,(H,15,18). The average molecular weight is 251 g/mol. The zero-order valence-corrected chi connectivity index (χ0v) is 10.7. The molecule has 0 radical (unpaired) electrons. The van der Waals surface area contributed by atoms with Crippen molar-refractivity contribution in [3.8, 4) is 0 Å². The highest BCUT2D eigenvalue weighted by Crippen LogP contribution is 2.11. The molecular weight excluding hydrogens is 230 g/mol. The van der Waals surface area contributed by atoms with Gasteiger partial charge in [-0.05, 0) is 24.7 Å². The normalized spacial score (nSPS) is 10.6. The summed E-state index contributed by atoms with van der Waals surface area (Å²) in [6.07, 6.45) is 0.405. The Morgan fingerprint density at radius 2 is 2.22 bits per heavy atom. The van der Waals surface area contributed by atoms with Crippen molar-refractivity contribution < 1.29 is 9.90 Å². The summed E-state index contributed by atoms with van der Waals surface area (Å²) in [6.45, 7) is 4.19. The van der Waals surface area contributed by atoms with Crippen LogP contribution in [-0.2, 0) is 4.79 Å². The number of carbonyl (C=O) groups excluding carboxylic acids is 1. The number of anilines is 2. The fourth-order valence-electron chi connectivity index (χ4n) is 1.67. The quantitative estimate of drug-likeness (QED) is 0.629. The van der Waals surface area contributed by atoms with E-state index in [4.69, 9.17) is 10.8 Å². The molecule has 0 aliphatic heterocycles. The minimum atomic E-state index is -0.0445. The van der Waals surface area contributed by atoms with Gasteiger partial charge in [-0.3, -0.25) is 4.79 Å². The molecular formula is C13H21N3O2. The van der Waals surface area contributed by atoms with Gasteiger partial charge in [0.15, 0.2) is 0 Å². The molecule has 0 fully saturated rings. The Balaban J connectivity index is 2.37. The molecule has 1 rings (SSSR count). The summed E-state index contributed by atoms with van der Waals surface area (Å²) in [5.41, 5.74) is 6.97. The number of nitrogens with two attached hydrogens (primary N) is 1. The van der Waals surface area contributed by atoms with Gasteiger partial charge in [-0.1, -0.05) is 13.0 Å². The molecule has 4 N–H and O–H groups in total. The third-order valence-corrected chi connectivity index (χ3v) is 2.69. The zero-order valence-electron chi connectivity index (χ0n) is 10.7. The van der Waals surface area contributed by atoms with E-state index in [1.165, 1.54) is 0 Å². The number of rotatable bonds is 7. The molecule has 1 amide bonds. The van der Waals surface area contributed by atoms with Crippen molar-refractivity contribution in [3.05, 3.63) is 24.3 Å². The molecule has 0 aliphatic carbocycles. The molecule has 1 aromatic carbocycles. The van der Waals surface area contributed by atoms with Crippen LogP contribution in [0.3, 0.4) is 0 Å². The first-order chi connectivity index (χ1) is 8.65. The third-order valence-electron chi connectivity index (χ3n) is 2.69. The number of nitrogens with one attached hydrogen (secondary N) is 1. The van der Waals surface area contributed by atoms with E-state index in [-0.39, 0.29) is 12.5 Å². The molecule has 0 heterocycles. The van der Waals surface area contributed by atoms with Crippen molar-refractivity contribution in [2.45, 2.75) is 13.3 Å². The van der Waals surface area contributed by atoms with Gasteiger partial charge in [-0.15, -0.1) is 0 Å². The van der Waals surface area contributed by atoms with Crippen LogP contribution in [0.25, 0.3) is 0 Å². The van der Waals surface area contributed by atoms with E-state index in [9.17, 15) is 4.79 Å². The first-order valence-electron chi connectivity index (χ1n) is 6.14. The number of aliphatic hydroxyl groups is 1. The molecule has 0 atom stereocenters. The SMILES string of the molecule is CCN(CCO)CCC(=O)Nc1cccc(N)c1. The van der Waals surface area contributed by atoms with E-state index in [1.807, 2.05) is 11.8 Å². The van der Waals surface area contributed by atoms with Gasteiger partial charge in [0.25, 0.3) is 0 Å². The van der Waals surface area contributed by atoms with Crippen molar-refractivity contribution in [1.82, 2.24) is 4.90 Å². The number of likely N-dealkylation sites (N-methyl/N-ethyl adjacent to an activating group) is 1. The Labute approximate surface area is 108 Å². The Bertz CT molecular complexity index is 382. The molecule has 1 aromatic rings. The van der Waals surface area contributed by atoms with Gasteiger partial charge < -0.3 is 21.1 Å². The van der Waals surface area contributed by atoms with Crippen molar-refractivity contribution in [1.29, 1.82) is 0 Å². The monoisotopic (exact) mass is 251 g/mol. The van der Waals surface area contributed by atoms with E-state index in [1.54, 1.807) is 24.3 Å². The van der Waals surface area contributed by atoms with Crippen LogP contribution in [0.15, 0.2) is 24.3 Å². The number of hydrogen-bond acceptors (Lipinski definition) is 4. The second-order valence-corrected chi connectivity index (χ2v) is 4.08. The van der Waals surface area contributed by atoms with Crippen molar-refractivity contribution in [3.63, 3.8) is 0 Å². The van der Waals surface area contributed by atoms with Crippen LogP contribution in [0, 0.1) is 0 Å². The number of nitrogens with zero attached hydrogens (tertiary/aromatic N) is 1.